The molecule has 1 aromatic heterocycles. The molecule has 4 nitrogen and oxygen atoms in total. The van der Waals surface area contributed by atoms with Gasteiger partial charge in [0.1, 0.15) is 11.6 Å². The van der Waals surface area contributed by atoms with Gasteiger partial charge in [0.15, 0.2) is 0 Å². The second-order valence-electron chi connectivity index (χ2n) is 5.20. The Hall–Kier alpha value is -1.85. The number of benzene rings is 1. The van der Waals surface area contributed by atoms with Gasteiger partial charge in [0.05, 0.1) is 19.4 Å². The predicted molar refractivity (Wildman–Crippen MR) is 82.9 cm³/mol. The van der Waals surface area contributed by atoms with E-state index >= 15 is 0 Å². The Morgan fingerprint density at radius 1 is 1.23 bits per heavy atom. The standard InChI is InChI=1S/C16H18ClFN2O2/c1-19(10-13-14(17)6-3-7-15(13)18)11-16(21)20(2)9-12-5-4-8-22-12/h3-8H,9-11H2,1-2H3. The number of amides is 1. The van der Waals surface area contributed by atoms with Gasteiger partial charge in [-0.25, -0.2) is 4.39 Å². The zero-order valence-electron chi connectivity index (χ0n) is 12.6. The zero-order chi connectivity index (χ0) is 16.1. The Balaban J connectivity index is 1.91. The molecule has 0 spiro atoms. The van der Waals surface area contributed by atoms with E-state index in [9.17, 15) is 9.18 Å². The molecule has 6 heteroatoms. The number of halogens is 2. The van der Waals surface area contributed by atoms with Gasteiger partial charge >= 0.3 is 0 Å². The summed E-state index contributed by atoms with van der Waals surface area (Å²) in [7, 11) is 3.45. The lowest BCUT2D eigenvalue weighted by Gasteiger charge is -2.21. The van der Waals surface area contributed by atoms with E-state index in [2.05, 4.69) is 0 Å². The number of carbonyl (C=O) groups excluding carboxylic acids is 1. The summed E-state index contributed by atoms with van der Waals surface area (Å²) in [5.41, 5.74) is 0.396. The van der Waals surface area contributed by atoms with E-state index in [0.29, 0.717) is 17.1 Å². The maximum absolute atomic E-state index is 13.7. The van der Waals surface area contributed by atoms with Crippen molar-refractivity contribution in [2.45, 2.75) is 13.1 Å². The highest BCUT2D eigenvalue weighted by molar-refractivity contribution is 6.31. The number of nitrogens with zero attached hydrogens (tertiary/aromatic N) is 2. The van der Waals surface area contributed by atoms with Crippen LogP contribution >= 0.6 is 11.6 Å². The minimum absolute atomic E-state index is 0.0774. The summed E-state index contributed by atoms with van der Waals surface area (Å²) in [4.78, 5) is 15.5. The molecule has 0 aliphatic rings. The van der Waals surface area contributed by atoms with Gasteiger partial charge in [0, 0.05) is 24.2 Å². The van der Waals surface area contributed by atoms with Crippen molar-refractivity contribution in [3.05, 3.63) is 58.8 Å². The van der Waals surface area contributed by atoms with Gasteiger partial charge in [-0.3, -0.25) is 9.69 Å². The third-order valence-corrected chi connectivity index (χ3v) is 3.65. The van der Waals surface area contributed by atoms with Gasteiger partial charge in [-0.2, -0.15) is 0 Å². The van der Waals surface area contributed by atoms with E-state index in [0.717, 1.165) is 5.76 Å². The summed E-state index contributed by atoms with van der Waals surface area (Å²) in [5, 5.41) is 0.364. The molecule has 2 rings (SSSR count). The maximum Gasteiger partial charge on any atom is 0.236 e. The van der Waals surface area contributed by atoms with Crippen LogP contribution < -0.4 is 0 Å². The average Bonchev–Trinajstić information content (AvgIpc) is 2.96. The first-order valence-corrected chi connectivity index (χ1v) is 7.23. The highest BCUT2D eigenvalue weighted by Crippen LogP contribution is 2.20. The van der Waals surface area contributed by atoms with Crippen LogP contribution in [0.3, 0.4) is 0 Å². The first-order valence-electron chi connectivity index (χ1n) is 6.85. The smallest absolute Gasteiger partial charge is 0.236 e. The molecule has 2 aromatic rings. The van der Waals surface area contributed by atoms with E-state index in [4.69, 9.17) is 16.0 Å². The molecule has 1 heterocycles. The zero-order valence-corrected chi connectivity index (χ0v) is 13.3. The molecule has 118 valence electrons. The predicted octanol–water partition coefficient (Wildman–Crippen LogP) is 3.16. The molecule has 0 saturated carbocycles. The molecule has 0 unspecified atom stereocenters. The van der Waals surface area contributed by atoms with Gasteiger partial charge in [-0.05, 0) is 31.3 Å². The molecular weight excluding hydrogens is 307 g/mol. The summed E-state index contributed by atoms with van der Waals surface area (Å²) in [5.74, 6) is 0.276. The molecule has 0 N–H and O–H groups in total. The lowest BCUT2D eigenvalue weighted by atomic mass is 10.2. The summed E-state index contributed by atoms with van der Waals surface area (Å²) < 4.78 is 19.0. The van der Waals surface area contributed by atoms with E-state index in [1.807, 2.05) is 6.07 Å². The number of likely N-dealkylation sites (N-methyl/N-ethyl adjacent to an activating group) is 2. The third kappa shape index (κ3) is 4.32. The van der Waals surface area contributed by atoms with Gasteiger partial charge < -0.3 is 9.32 Å². The minimum Gasteiger partial charge on any atom is -0.467 e. The second kappa shape index (κ2) is 7.42. The molecular formula is C16H18ClFN2O2. The molecule has 0 aliphatic heterocycles. The number of hydrogen-bond acceptors (Lipinski definition) is 3. The number of hydrogen-bond donors (Lipinski definition) is 0. The monoisotopic (exact) mass is 324 g/mol. The van der Waals surface area contributed by atoms with E-state index in [1.54, 1.807) is 48.4 Å². The normalized spacial score (nSPS) is 11.0. The van der Waals surface area contributed by atoms with Crippen LogP contribution in [0.15, 0.2) is 41.0 Å². The highest BCUT2D eigenvalue weighted by Gasteiger charge is 2.15. The first-order chi connectivity index (χ1) is 10.5. The Labute approximate surface area is 134 Å². The van der Waals surface area contributed by atoms with Crippen LogP contribution in [0.5, 0.6) is 0 Å². The first kappa shape index (κ1) is 16.5. The Morgan fingerprint density at radius 3 is 2.64 bits per heavy atom. The molecule has 0 bridgehead atoms. The van der Waals surface area contributed by atoms with Crippen LogP contribution in [0.2, 0.25) is 5.02 Å². The fourth-order valence-electron chi connectivity index (χ4n) is 2.09. The van der Waals surface area contributed by atoms with Crippen LogP contribution in [0, 0.1) is 5.82 Å². The van der Waals surface area contributed by atoms with Crippen molar-refractivity contribution in [3.63, 3.8) is 0 Å². The van der Waals surface area contributed by atoms with Crippen LogP contribution in [0.4, 0.5) is 4.39 Å². The highest BCUT2D eigenvalue weighted by atomic mass is 35.5. The molecule has 0 aliphatic carbocycles. The molecule has 1 amide bonds. The maximum atomic E-state index is 13.7. The van der Waals surface area contributed by atoms with Gasteiger partial charge in [0.2, 0.25) is 5.91 Å². The van der Waals surface area contributed by atoms with Crippen molar-refractivity contribution in [2.24, 2.45) is 0 Å². The van der Waals surface area contributed by atoms with Crippen LogP contribution in [0.25, 0.3) is 0 Å². The SMILES string of the molecule is CN(CC(=O)N(C)Cc1ccco1)Cc1c(F)cccc1Cl. The van der Waals surface area contributed by atoms with Crippen molar-refractivity contribution in [3.8, 4) is 0 Å². The molecule has 0 atom stereocenters. The van der Waals surface area contributed by atoms with Gasteiger partial charge in [-0.15, -0.1) is 0 Å². The Bertz CT molecular complexity index is 611. The lowest BCUT2D eigenvalue weighted by molar-refractivity contribution is -0.131. The van der Waals surface area contributed by atoms with Crippen molar-refractivity contribution < 1.29 is 13.6 Å². The minimum atomic E-state index is -0.365. The summed E-state index contributed by atoms with van der Waals surface area (Å²) in [6.45, 7) is 0.841. The van der Waals surface area contributed by atoms with Crippen LogP contribution in [0.1, 0.15) is 11.3 Å². The fourth-order valence-corrected chi connectivity index (χ4v) is 2.31. The average molecular weight is 325 g/mol. The molecule has 1 aromatic carbocycles. The quantitative estimate of drug-likeness (QED) is 0.819. The van der Waals surface area contributed by atoms with Crippen LogP contribution in [-0.2, 0) is 17.9 Å². The second-order valence-corrected chi connectivity index (χ2v) is 5.61. The lowest BCUT2D eigenvalue weighted by Crippen LogP contribution is -2.36. The summed E-state index contributed by atoms with van der Waals surface area (Å²) >= 11 is 5.99. The number of furan rings is 1. The van der Waals surface area contributed by atoms with E-state index in [1.165, 1.54) is 6.07 Å². The van der Waals surface area contributed by atoms with Gasteiger partial charge in [0.25, 0.3) is 0 Å². The molecule has 0 saturated heterocycles. The van der Waals surface area contributed by atoms with Gasteiger partial charge in [-0.1, -0.05) is 17.7 Å². The number of carbonyl (C=O) groups is 1. The van der Waals surface area contributed by atoms with Crippen molar-refractivity contribution in [1.29, 1.82) is 0 Å². The molecule has 0 fully saturated rings. The van der Waals surface area contributed by atoms with Crippen LogP contribution in [-0.4, -0.2) is 36.3 Å². The van der Waals surface area contributed by atoms with Crippen molar-refractivity contribution >= 4 is 17.5 Å². The Kier molecular flexibility index (Phi) is 5.57. The van der Waals surface area contributed by atoms with Crippen molar-refractivity contribution in [2.75, 3.05) is 20.6 Å². The topological polar surface area (TPSA) is 36.7 Å². The molecule has 22 heavy (non-hydrogen) atoms. The fraction of sp³-hybridized carbons (Fsp3) is 0.312. The third-order valence-electron chi connectivity index (χ3n) is 3.29. The van der Waals surface area contributed by atoms with E-state index in [-0.39, 0.29) is 24.8 Å². The largest absolute Gasteiger partial charge is 0.467 e. The Morgan fingerprint density at radius 2 is 2.00 bits per heavy atom. The van der Waals surface area contributed by atoms with Crippen molar-refractivity contribution in [1.82, 2.24) is 9.80 Å². The summed E-state index contributed by atoms with van der Waals surface area (Å²) in [6, 6.07) is 8.15. The number of rotatable bonds is 6. The van der Waals surface area contributed by atoms with E-state index < -0.39 is 0 Å². The molecule has 0 radical (unpaired) electrons. The summed E-state index contributed by atoms with van der Waals surface area (Å²) in [6.07, 6.45) is 1.57.